The quantitative estimate of drug-likeness (QED) is 0.160. The van der Waals surface area contributed by atoms with Crippen molar-refractivity contribution in [2.45, 2.75) is 176 Å². The second-order valence-corrected chi connectivity index (χ2v) is 29.4. The van der Waals surface area contributed by atoms with Crippen LogP contribution in [0.3, 0.4) is 0 Å². The fourth-order valence-electron chi connectivity index (χ4n) is 14.6. The molecule has 0 atom stereocenters. The summed E-state index contributed by atoms with van der Waals surface area (Å²) in [5.41, 5.74) is 28.9. The summed E-state index contributed by atoms with van der Waals surface area (Å²) in [4.78, 5) is 7.81. The van der Waals surface area contributed by atoms with Crippen molar-refractivity contribution < 1.29 is 4.42 Å². The molecule has 0 saturated heterocycles. The maximum absolute atomic E-state index is 7.10. The predicted octanol–water partition coefficient (Wildman–Crippen LogP) is 19.4. The fourth-order valence-corrected chi connectivity index (χ4v) is 14.6. The third-order valence-electron chi connectivity index (χ3n) is 19.8. The Hall–Kier alpha value is -6.98. The highest BCUT2D eigenvalue weighted by Gasteiger charge is 2.48. The van der Waals surface area contributed by atoms with Crippen LogP contribution in [0.5, 0.6) is 0 Å². The van der Waals surface area contributed by atoms with Gasteiger partial charge < -0.3 is 19.1 Å². The number of aryl methyl sites for hydroxylation is 3. The highest BCUT2D eigenvalue weighted by molar-refractivity contribution is 7.00. The predicted molar refractivity (Wildman–Crippen MR) is 345 cm³/mol. The van der Waals surface area contributed by atoms with Crippen LogP contribution >= 0.6 is 0 Å². The first kappa shape index (κ1) is 52.4. The number of nitrogens with zero attached hydrogens (tertiary/aromatic N) is 3. The molecular weight excluding hydrogens is 970 g/mol. The lowest BCUT2D eigenvalue weighted by molar-refractivity contribution is 0.332. The fraction of sp³-hybridized carbons (Fsp3) is 0.360. The van der Waals surface area contributed by atoms with Crippen molar-refractivity contribution in [3.8, 4) is 0 Å². The molecule has 2 aliphatic carbocycles. The van der Waals surface area contributed by atoms with Crippen molar-refractivity contribution >= 4 is 96.2 Å². The number of hydrogen-bond acceptors (Lipinski definition) is 4. The topological polar surface area (TPSA) is 22.9 Å². The van der Waals surface area contributed by atoms with E-state index in [1.807, 2.05) is 0 Å². The Balaban J connectivity index is 1.14. The summed E-state index contributed by atoms with van der Waals surface area (Å²) in [6.07, 6.45) is 4.64. The Kier molecular flexibility index (Phi) is 11.5. The van der Waals surface area contributed by atoms with Gasteiger partial charge in [0.15, 0.2) is 5.58 Å². The minimum absolute atomic E-state index is 0.00808. The molecule has 1 aromatic heterocycles. The van der Waals surface area contributed by atoms with Gasteiger partial charge in [-0.15, -0.1) is 0 Å². The van der Waals surface area contributed by atoms with Crippen LogP contribution in [-0.4, -0.2) is 6.71 Å². The standard InChI is InChI=1S/C75H82BN3O/c1-45-37-65-68-66(38-45)79(62-23-20-22-53-52-21-18-19-24-67(52)80-69(53)62)63-42-51(77(60-31-25-48(39-46(60)2)70(4,5)6)61-32-26-49(40-47(61)3)71(7,8)9)28-30-58(63)76(68)59-43-56-57(75(16,17)36-35-74(56,14)15)44-64(59)78(65)50-27-29-54-55(41-50)73(12,13)34-33-72(54,10)11/h18-32,37-44H,33-36H2,1-17H3. The Morgan fingerprint density at radius 3 is 1.59 bits per heavy atom. The molecule has 0 bridgehead atoms. The molecule has 406 valence electrons. The zero-order valence-corrected chi connectivity index (χ0v) is 50.9. The van der Waals surface area contributed by atoms with Gasteiger partial charge in [0.05, 0.1) is 5.69 Å². The molecule has 0 N–H and O–H groups in total. The second-order valence-electron chi connectivity index (χ2n) is 29.4. The second kappa shape index (κ2) is 17.5. The van der Waals surface area contributed by atoms with Gasteiger partial charge in [0.2, 0.25) is 0 Å². The number of hydrogen-bond donors (Lipinski definition) is 0. The smallest absolute Gasteiger partial charge is 0.252 e. The average molecular weight is 1050 g/mol. The van der Waals surface area contributed by atoms with Gasteiger partial charge >= 0.3 is 0 Å². The molecule has 9 aromatic rings. The minimum Gasteiger partial charge on any atom is -0.454 e. The van der Waals surface area contributed by atoms with Gasteiger partial charge in [0, 0.05) is 56.3 Å². The molecule has 80 heavy (non-hydrogen) atoms. The molecule has 5 heteroatoms. The van der Waals surface area contributed by atoms with Gasteiger partial charge in [-0.25, -0.2) is 0 Å². The third kappa shape index (κ3) is 8.05. The van der Waals surface area contributed by atoms with Crippen LogP contribution in [0.4, 0.5) is 51.2 Å². The summed E-state index contributed by atoms with van der Waals surface area (Å²) in [6.45, 7) is 40.5. The van der Waals surface area contributed by atoms with Crippen molar-refractivity contribution in [1.82, 2.24) is 0 Å². The number of para-hydroxylation sites is 2. The number of furan rings is 1. The maximum atomic E-state index is 7.10. The first-order chi connectivity index (χ1) is 37.6. The molecule has 0 spiro atoms. The van der Waals surface area contributed by atoms with E-state index in [0.29, 0.717) is 0 Å². The van der Waals surface area contributed by atoms with E-state index >= 15 is 0 Å². The van der Waals surface area contributed by atoms with Crippen molar-refractivity contribution in [2.24, 2.45) is 0 Å². The van der Waals surface area contributed by atoms with E-state index < -0.39 is 0 Å². The van der Waals surface area contributed by atoms with E-state index in [1.165, 1.54) is 107 Å². The molecule has 0 radical (unpaired) electrons. The molecule has 3 heterocycles. The molecule has 0 fully saturated rings. The molecule has 0 saturated carbocycles. The van der Waals surface area contributed by atoms with Crippen molar-refractivity contribution in [3.05, 3.63) is 190 Å². The first-order valence-corrected chi connectivity index (χ1v) is 29.8. The largest absolute Gasteiger partial charge is 0.454 e. The number of fused-ring (bicyclic) bond motifs is 9. The number of rotatable bonds is 5. The van der Waals surface area contributed by atoms with E-state index in [2.05, 4.69) is 272 Å². The molecule has 2 aliphatic heterocycles. The van der Waals surface area contributed by atoms with Gasteiger partial charge in [-0.05, 0) is 212 Å². The van der Waals surface area contributed by atoms with Crippen molar-refractivity contribution in [2.75, 3.05) is 14.7 Å². The Morgan fingerprint density at radius 1 is 0.450 bits per heavy atom. The van der Waals surface area contributed by atoms with E-state index in [1.54, 1.807) is 0 Å². The summed E-state index contributed by atoms with van der Waals surface area (Å²) in [6, 6.07) is 54.8. The minimum atomic E-state index is -0.0600. The number of anilines is 9. The summed E-state index contributed by atoms with van der Waals surface area (Å²) in [7, 11) is 0. The first-order valence-electron chi connectivity index (χ1n) is 29.8. The van der Waals surface area contributed by atoms with Gasteiger partial charge in [-0.2, -0.15) is 0 Å². The Morgan fingerprint density at radius 2 is 0.988 bits per heavy atom. The summed E-state index contributed by atoms with van der Waals surface area (Å²) >= 11 is 0. The monoisotopic (exact) mass is 1050 g/mol. The van der Waals surface area contributed by atoms with Gasteiger partial charge in [-0.1, -0.05) is 170 Å². The van der Waals surface area contributed by atoms with E-state index in [-0.39, 0.29) is 39.2 Å². The summed E-state index contributed by atoms with van der Waals surface area (Å²) < 4.78 is 7.10. The SMILES string of the molecule is Cc1cc2c3c(c1)N(c1cccc4c1oc1ccccc14)c1cc(N(c4ccc(C(C)(C)C)cc4C)c4ccc(C(C)(C)C)cc4C)ccc1B3c1cc3c(cc1N2c1ccc2c(c1)C(C)(C)CCC2(C)C)C(C)(C)CCC3(C)C. The summed E-state index contributed by atoms with van der Waals surface area (Å²) in [5, 5.41) is 2.25. The van der Waals surface area contributed by atoms with E-state index in [4.69, 9.17) is 4.42 Å². The van der Waals surface area contributed by atoms with Crippen LogP contribution in [0.2, 0.25) is 0 Å². The maximum Gasteiger partial charge on any atom is 0.252 e. The van der Waals surface area contributed by atoms with Crippen LogP contribution in [0.25, 0.3) is 21.9 Å². The average Bonchev–Trinajstić information content (AvgIpc) is 3.93. The zero-order chi connectivity index (χ0) is 56.5. The zero-order valence-electron chi connectivity index (χ0n) is 50.9. The molecule has 13 rings (SSSR count). The molecular formula is C75H82BN3O. The lowest BCUT2D eigenvalue weighted by Gasteiger charge is -2.48. The number of benzene rings is 8. The Labute approximate surface area is 478 Å². The van der Waals surface area contributed by atoms with E-state index in [0.717, 1.165) is 58.3 Å². The van der Waals surface area contributed by atoms with Crippen LogP contribution in [0, 0.1) is 20.8 Å². The molecule has 8 aromatic carbocycles. The van der Waals surface area contributed by atoms with Crippen LogP contribution in [0.15, 0.2) is 144 Å². The lowest BCUT2D eigenvalue weighted by Crippen LogP contribution is -2.62. The normalized spacial score (nSPS) is 17.4. The highest BCUT2D eigenvalue weighted by atomic mass is 16.3. The molecule has 0 unspecified atom stereocenters. The lowest BCUT2D eigenvalue weighted by atomic mass is 9.33. The van der Waals surface area contributed by atoms with Crippen LogP contribution in [0.1, 0.15) is 173 Å². The van der Waals surface area contributed by atoms with E-state index in [9.17, 15) is 0 Å². The Bertz CT molecular complexity index is 3990. The molecule has 0 amide bonds. The van der Waals surface area contributed by atoms with Crippen LogP contribution in [-0.2, 0) is 32.5 Å². The molecule has 4 aliphatic rings. The van der Waals surface area contributed by atoms with Crippen molar-refractivity contribution in [1.29, 1.82) is 0 Å². The molecule has 4 nitrogen and oxygen atoms in total. The van der Waals surface area contributed by atoms with Gasteiger partial charge in [-0.3, -0.25) is 0 Å². The third-order valence-corrected chi connectivity index (χ3v) is 19.8. The highest BCUT2D eigenvalue weighted by Crippen LogP contribution is 2.54. The van der Waals surface area contributed by atoms with Gasteiger partial charge in [0.25, 0.3) is 6.71 Å². The van der Waals surface area contributed by atoms with Crippen molar-refractivity contribution in [3.63, 3.8) is 0 Å². The van der Waals surface area contributed by atoms with Crippen LogP contribution < -0.4 is 31.1 Å². The summed E-state index contributed by atoms with van der Waals surface area (Å²) in [5.74, 6) is 0. The van der Waals surface area contributed by atoms with Gasteiger partial charge in [0.1, 0.15) is 5.58 Å².